The number of hydrogen-bond donors (Lipinski definition) is 2. The molecule has 0 unspecified atom stereocenters. The SMILES string of the molecule is CF.COC(C)=O.O=C(O)CC[n+]1ccc(-c2ccnc(=O)[nH]2)cn1. The molecule has 2 heterocycles. The zero-order valence-electron chi connectivity index (χ0n) is 14.1. The standard InChI is InChI=1S/C11H10N4O3.C3H6O2.CH3F/c16-10(17)3-6-15-5-2-8(7-13-15)9-1-4-12-11(18)14-9;1-3(4)5-2;1-2/h1-2,4-5,7H,3,6H2,(H-,12,14,16,17,18);1-2H3;1H3/p+1. The van der Waals surface area contributed by atoms with Crippen LogP contribution in [0, 0.1) is 0 Å². The van der Waals surface area contributed by atoms with E-state index < -0.39 is 11.7 Å². The van der Waals surface area contributed by atoms with Gasteiger partial charge < -0.3 is 14.8 Å². The third-order valence-corrected chi connectivity index (χ3v) is 2.60. The summed E-state index contributed by atoms with van der Waals surface area (Å²) in [7, 11) is 1.85. The number of nitrogens with zero attached hydrogens (tertiary/aromatic N) is 3. The lowest BCUT2D eigenvalue weighted by Gasteiger charge is -1.98. The molecule has 0 spiro atoms. The number of aromatic amines is 1. The molecule has 136 valence electrons. The molecule has 25 heavy (non-hydrogen) atoms. The summed E-state index contributed by atoms with van der Waals surface area (Å²) in [6, 6.07) is 3.42. The average molecular weight is 355 g/mol. The highest BCUT2D eigenvalue weighted by atomic mass is 19.1. The second kappa shape index (κ2) is 12.3. The minimum atomic E-state index is -0.869. The number of ether oxygens (including phenoxy) is 1. The van der Waals surface area contributed by atoms with Gasteiger partial charge in [-0.2, -0.15) is 0 Å². The molecular weight excluding hydrogens is 335 g/mol. The lowest BCUT2D eigenvalue weighted by molar-refractivity contribution is -0.752. The number of methoxy groups -OCH3 is 1. The number of alkyl halides is 1. The van der Waals surface area contributed by atoms with Crippen molar-refractivity contribution >= 4 is 11.9 Å². The third kappa shape index (κ3) is 9.54. The Kier molecular flexibility index (Phi) is 10.7. The van der Waals surface area contributed by atoms with Gasteiger partial charge in [-0.25, -0.2) is 9.78 Å². The number of carbonyl (C=O) groups excluding carboxylic acids is 1. The second-order valence-corrected chi connectivity index (χ2v) is 4.31. The first kappa shape index (κ1) is 21.8. The van der Waals surface area contributed by atoms with Gasteiger partial charge in [0, 0.05) is 24.8 Å². The summed E-state index contributed by atoms with van der Waals surface area (Å²) in [5.74, 6) is -1.11. The Labute approximate surface area is 143 Å². The van der Waals surface area contributed by atoms with Crippen LogP contribution in [-0.2, 0) is 20.9 Å². The van der Waals surface area contributed by atoms with Crippen LogP contribution in [-0.4, -0.2) is 46.4 Å². The molecule has 0 saturated carbocycles. The zero-order valence-corrected chi connectivity index (χ0v) is 14.1. The van der Waals surface area contributed by atoms with Crippen LogP contribution in [0.4, 0.5) is 4.39 Å². The number of nitrogens with one attached hydrogen (secondary N) is 1. The Balaban J connectivity index is 0.000000710. The van der Waals surface area contributed by atoms with Crippen molar-refractivity contribution in [2.75, 3.05) is 14.3 Å². The van der Waals surface area contributed by atoms with Gasteiger partial charge in [-0.15, -0.1) is 0 Å². The van der Waals surface area contributed by atoms with E-state index in [2.05, 4.69) is 19.8 Å². The summed E-state index contributed by atoms with van der Waals surface area (Å²) >= 11 is 0. The lowest BCUT2D eigenvalue weighted by Crippen LogP contribution is -2.38. The van der Waals surface area contributed by atoms with Crippen LogP contribution in [0.1, 0.15) is 13.3 Å². The molecule has 2 rings (SSSR count). The van der Waals surface area contributed by atoms with Crippen molar-refractivity contribution in [2.24, 2.45) is 0 Å². The van der Waals surface area contributed by atoms with E-state index in [9.17, 15) is 18.8 Å². The Morgan fingerprint density at radius 3 is 2.44 bits per heavy atom. The van der Waals surface area contributed by atoms with Crippen LogP contribution in [0.2, 0.25) is 0 Å². The van der Waals surface area contributed by atoms with E-state index in [1.54, 1.807) is 24.5 Å². The van der Waals surface area contributed by atoms with Gasteiger partial charge in [-0.3, -0.25) is 14.0 Å². The molecule has 0 atom stereocenters. The number of carbonyl (C=O) groups is 2. The zero-order chi connectivity index (χ0) is 19.2. The molecule has 10 heteroatoms. The number of carboxylic acids is 1. The Morgan fingerprint density at radius 2 is 2.00 bits per heavy atom. The topological polar surface area (TPSA) is 126 Å². The van der Waals surface area contributed by atoms with Crippen molar-refractivity contribution < 1.29 is 28.5 Å². The maximum atomic E-state index is 11.1. The van der Waals surface area contributed by atoms with E-state index in [0.29, 0.717) is 19.4 Å². The number of halogens is 1. The quantitative estimate of drug-likeness (QED) is 0.599. The van der Waals surface area contributed by atoms with Crippen molar-refractivity contribution in [1.82, 2.24) is 15.1 Å². The summed E-state index contributed by atoms with van der Waals surface area (Å²) < 4.78 is 15.1. The summed E-state index contributed by atoms with van der Waals surface area (Å²) in [6.07, 6.45) is 4.66. The smallest absolute Gasteiger partial charge is 0.345 e. The fourth-order valence-electron chi connectivity index (χ4n) is 1.42. The first-order valence-electron chi connectivity index (χ1n) is 6.98. The van der Waals surface area contributed by atoms with Gasteiger partial charge >= 0.3 is 17.6 Å². The molecule has 2 aromatic heterocycles. The highest BCUT2D eigenvalue weighted by molar-refractivity contribution is 5.66. The monoisotopic (exact) mass is 355 g/mol. The van der Waals surface area contributed by atoms with Gasteiger partial charge in [0.2, 0.25) is 0 Å². The van der Waals surface area contributed by atoms with E-state index in [1.165, 1.54) is 24.9 Å². The number of hydrogen-bond acceptors (Lipinski definition) is 6. The van der Waals surface area contributed by atoms with Crippen molar-refractivity contribution in [3.8, 4) is 11.3 Å². The molecule has 0 amide bonds. The summed E-state index contributed by atoms with van der Waals surface area (Å²) in [4.78, 5) is 37.2. The number of aryl methyl sites for hydroxylation is 1. The van der Waals surface area contributed by atoms with Gasteiger partial charge in [0.1, 0.15) is 12.6 Å². The summed E-state index contributed by atoms with van der Waals surface area (Å²) in [5.41, 5.74) is 0.934. The van der Waals surface area contributed by atoms with E-state index in [0.717, 1.165) is 5.56 Å². The van der Waals surface area contributed by atoms with Gasteiger partial charge in [0.15, 0.2) is 12.7 Å². The van der Waals surface area contributed by atoms with Gasteiger partial charge in [-0.1, -0.05) is 4.68 Å². The average Bonchev–Trinajstić information content (AvgIpc) is 2.62. The highest BCUT2D eigenvalue weighted by Crippen LogP contribution is 2.10. The molecule has 0 aliphatic carbocycles. The maximum absolute atomic E-state index is 11.1. The molecule has 0 aliphatic rings. The number of aromatic nitrogens is 4. The molecule has 0 saturated heterocycles. The van der Waals surface area contributed by atoms with Crippen LogP contribution >= 0.6 is 0 Å². The summed E-state index contributed by atoms with van der Waals surface area (Å²) in [6.45, 7) is 1.67. The van der Waals surface area contributed by atoms with Crippen molar-refractivity contribution in [3.05, 3.63) is 41.2 Å². The van der Waals surface area contributed by atoms with Crippen molar-refractivity contribution in [2.45, 2.75) is 19.9 Å². The predicted octanol–water partition coefficient (Wildman–Crippen LogP) is 0.359. The Hall–Kier alpha value is -3.17. The number of rotatable bonds is 4. The van der Waals surface area contributed by atoms with Crippen LogP contribution in [0.25, 0.3) is 11.3 Å². The fraction of sp³-hybridized carbons (Fsp3) is 0.333. The van der Waals surface area contributed by atoms with Gasteiger partial charge in [-0.05, 0) is 11.2 Å². The van der Waals surface area contributed by atoms with E-state index in [-0.39, 0.29) is 12.4 Å². The second-order valence-electron chi connectivity index (χ2n) is 4.31. The normalized spacial score (nSPS) is 8.96. The molecule has 2 N–H and O–H groups in total. The van der Waals surface area contributed by atoms with Crippen LogP contribution in [0.3, 0.4) is 0 Å². The van der Waals surface area contributed by atoms with Gasteiger partial charge in [0.25, 0.3) is 0 Å². The minimum Gasteiger partial charge on any atom is -0.481 e. The van der Waals surface area contributed by atoms with Crippen LogP contribution in [0.5, 0.6) is 0 Å². The van der Waals surface area contributed by atoms with Crippen molar-refractivity contribution in [3.63, 3.8) is 0 Å². The Morgan fingerprint density at radius 1 is 1.36 bits per heavy atom. The van der Waals surface area contributed by atoms with Crippen LogP contribution in [0.15, 0.2) is 35.5 Å². The lowest BCUT2D eigenvalue weighted by atomic mass is 10.2. The third-order valence-electron chi connectivity index (χ3n) is 2.60. The van der Waals surface area contributed by atoms with E-state index in [1.807, 2.05) is 0 Å². The fourth-order valence-corrected chi connectivity index (χ4v) is 1.42. The molecule has 0 aromatic carbocycles. The molecular formula is C15H20FN4O5+. The van der Waals surface area contributed by atoms with Crippen molar-refractivity contribution in [1.29, 1.82) is 0 Å². The first-order chi connectivity index (χ1) is 11.9. The first-order valence-corrected chi connectivity index (χ1v) is 6.98. The maximum Gasteiger partial charge on any atom is 0.345 e. The van der Waals surface area contributed by atoms with Gasteiger partial charge in [0.05, 0.1) is 20.0 Å². The largest absolute Gasteiger partial charge is 0.481 e. The minimum absolute atomic E-state index is 0.0170. The summed E-state index contributed by atoms with van der Waals surface area (Å²) in [5, 5.41) is 12.6. The van der Waals surface area contributed by atoms with E-state index in [4.69, 9.17) is 5.11 Å². The number of H-pyrrole nitrogens is 1. The number of esters is 1. The molecule has 9 nitrogen and oxygen atoms in total. The predicted molar refractivity (Wildman–Crippen MR) is 85.3 cm³/mol. The molecule has 0 radical (unpaired) electrons. The van der Waals surface area contributed by atoms with Crippen LogP contribution < -0.4 is 10.4 Å². The Bertz CT molecular complexity index is 718. The number of aliphatic carboxylic acids is 1. The number of carboxylic acid groups (broad SMARTS) is 1. The molecule has 0 bridgehead atoms. The highest BCUT2D eigenvalue weighted by Gasteiger charge is 2.07. The molecule has 2 aromatic rings. The molecule has 0 fully saturated rings. The molecule has 0 aliphatic heterocycles. The van der Waals surface area contributed by atoms with E-state index >= 15 is 0 Å².